The van der Waals surface area contributed by atoms with E-state index in [9.17, 15) is 0 Å². The van der Waals surface area contributed by atoms with Crippen LogP contribution in [-0.2, 0) is 59.4 Å². The van der Waals surface area contributed by atoms with E-state index in [1.54, 1.807) is 23.5 Å². The zero-order valence-corrected chi connectivity index (χ0v) is 48.6. The minimum atomic E-state index is 0. The van der Waals surface area contributed by atoms with Crippen LogP contribution in [0.5, 0.6) is 0 Å². The molecule has 13 rings (SSSR count). The van der Waals surface area contributed by atoms with Crippen LogP contribution in [0.1, 0.15) is 5.56 Å². The SMILES string of the molecule is CN1[CH-]N(c2[c-]c(N3[CH-]N(C)c4cccc5cccc3c45)ccc2)c2cccc3cccc1c23.N#Cc1cc(N2C=CS[CH-]2)[c-]c(N2C=CS[CH-]2)c1.[Os].[Os].[Os].[c-]1c(N2C=CC=C[CH-]2)cccc1N1C=CC=C[CH-]1. The van der Waals surface area contributed by atoms with Gasteiger partial charge in [-0.2, -0.15) is 42.5 Å². The van der Waals surface area contributed by atoms with E-state index in [0.29, 0.717) is 5.56 Å². The first-order chi connectivity index (χ1) is 34.5. The summed E-state index contributed by atoms with van der Waals surface area (Å²) in [5, 5.41) is 18.1. The molecule has 7 aromatic carbocycles. The van der Waals surface area contributed by atoms with Gasteiger partial charge >= 0.3 is 0 Å². The standard InChI is InChI=1S/C30H23N4.C16H13N2.C13H8N3S2.3Os/c1-31-19-33(27-16-5-10-21-8-3-14-25(31)29(21)27)23-12-7-13-24(18-23)34-20-32(2)26-15-4-9-22-11-6-17-28(34)30(22)26;1-3-10-17(11-4-1)15-8-7-9-16(14-15)18-12-5-2-6-13-18;14-8-11-5-12(15-1-3-17-9-15)7-13(6-11)16-2-4-18-10-16;;;/h3-17,19-20H,1-2H3;1-13H;1-6,9-10H;;;/q3*-3;;;. The molecule has 0 spiro atoms. The number of hydrogen-bond donors (Lipinski definition) is 0. The Balaban J connectivity index is 0.000000156. The maximum Gasteiger partial charge on any atom is 0.0726 e. The number of benzene rings is 7. The molecule has 7 aromatic rings. The molecule has 6 aliphatic heterocycles. The average molecular weight is 1510 g/mol. The maximum absolute atomic E-state index is 9.10. The fourth-order valence-electron chi connectivity index (χ4n) is 8.79. The summed E-state index contributed by atoms with van der Waals surface area (Å²) < 4.78 is 0. The van der Waals surface area contributed by atoms with Crippen molar-refractivity contribution in [3.63, 3.8) is 0 Å². The summed E-state index contributed by atoms with van der Waals surface area (Å²) in [6.45, 7) is 8.33. The van der Waals surface area contributed by atoms with Crippen molar-refractivity contribution in [3.8, 4) is 6.07 Å². The Morgan fingerprint density at radius 2 is 0.849 bits per heavy atom. The molecular formula is C59H44N9Os3S2-9. The summed E-state index contributed by atoms with van der Waals surface area (Å²) in [6, 6.07) is 54.7. The Kier molecular flexibility index (Phi) is 17.6. The molecule has 370 valence electrons. The van der Waals surface area contributed by atoms with Crippen LogP contribution in [0.25, 0.3) is 21.5 Å². The minimum Gasteiger partial charge on any atom is -0.510 e. The van der Waals surface area contributed by atoms with E-state index in [1.807, 2.05) is 147 Å². The summed E-state index contributed by atoms with van der Waals surface area (Å²) >= 11 is 3.21. The third-order valence-corrected chi connectivity index (χ3v) is 13.3. The second-order valence-corrected chi connectivity index (χ2v) is 18.0. The molecule has 73 heavy (non-hydrogen) atoms. The summed E-state index contributed by atoms with van der Waals surface area (Å²) in [6.07, 6.45) is 20.0. The molecule has 0 N–H and O–H groups in total. The maximum atomic E-state index is 9.10. The Hall–Kier alpha value is -6.26. The van der Waals surface area contributed by atoms with Gasteiger partial charge in [0.2, 0.25) is 0 Å². The zero-order valence-electron chi connectivity index (χ0n) is 39.3. The fourth-order valence-corrected chi connectivity index (χ4v) is 9.97. The molecule has 0 bridgehead atoms. The molecule has 0 fully saturated rings. The van der Waals surface area contributed by atoms with E-state index in [-0.39, 0.29) is 59.4 Å². The second-order valence-electron chi connectivity index (χ2n) is 16.5. The summed E-state index contributed by atoms with van der Waals surface area (Å²) in [5.41, 5.74) is 11.3. The number of hydrogen-bond acceptors (Lipinski definition) is 11. The molecule has 0 saturated carbocycles. The van der Waals surface area contributed by atoms with Crippen LogP contribution in [0.4, 0.5) is 56.9 Å². The summed E-state index contributed by atoms with van der Waals surface area (Å²) in [7, 11) is 4.21. The Morgan fingerprint density at radius 1 is 0.452 bits per heavy atom. The van der Waals surface area contributed by atoms with Crippen LogP contribution >= 0.6 is 23.5 Å². The third kappa shape index (κ3) is 11.3. The predicted octanol–water partition coefficient (Wildman–Crippen LogP) is 14.4. The van der Waals surface area contributed by atoms with Crippen LogP contribution in [0.3, 0.4) is 0 Å². The normalized spacial score (nSPS) is 15.4. The number of nitriles is 1. The number of allylic oxidation sites excluding steroid dienone is 4. The van der Waals surface area contributed by atoms with Crippen LogP contribution in [-0.4, -0.2) is 14.1 Å². The monoisotopic (exact) mass is 1520 g/mol. The fraction of sp³-hybridized carbons (Fsp3) is 0.0339. The molecule has 0 amide bonds. The van der Waals surface area contributed by atoms with Gasteiger partial charge in [0.15, 0.2) is 0 Å². The van der Waals surface area contributed by atoms with Crippen molar-refractivity contribution in [2.75, 3.05) is 53.3 Å². The molecule has 0 aromatic heterocycles. The molecule has 6 aliphatic rings. The van der Waals surface area contributed by atoms with Crippen LogP contribution in [0.2, 0.25) is 0 Å². The average Bonchev–Trinajstić information content (AvgIpc) is 4.19. The van der Waals surface area contributed by atoms with Gasteiger partial charge in [-0.1, -0.05) is 65.5 Å². The molecule has 9 nitrogen and oxygen atoms in total. The Morgan fingerprint density at radius 3 is 1.25 bits per heavy atom. The van der Waals surface area contributed by atoms with Crippen molar-refractivity contribution >= 4 is 102 Å². The van der Waals surface area contributed by atoms with E-state index in [2.05, 4.69) is 162 Å². The molecule has 0 saturated heterocycles. The van der Waals surface area contributed by atoms with E-state index >= 15 is 0 Å². The summed E-state index contributed by atoms with van der Waals surface area (Å²) in [4.78, 5) is 16.9. The van der Waals surface area contributed by atoms with E-state index in [1.165, 1.54) is 44.3 Å². The number of anilines is 10. The van der Waals surface area contributed by atoms with Gasteiger partial charge < -0.3 is 62.7 Å². The first kappa shape index (κ1) is 53.0. The van der Waals surface area contributed by atoms with Crippen LogP contribution in [0, 0.1) is 67.7 Å². The van der Waals surface area contributed by atoms with Crippen LogP contribution < -0.4 is 39.2 Å². The number of nitrogens with zero attached hydrogens (tertiary/aromatic N) is 9. The Bertz CT molecular complexity index is 3120. The van der Waals surface area contributed by atoms with Gasteiger partial charge in [0.05, 0.1) is 6.07 Å². The topological polar surface area (TPSA) is 49.7 Å². The Labute approximate surface area is 477 Å². The van der Waals surface area contributed by atoms with Gasteiger partial charge in [-0.05, 0) is 84.7 Å². The van der Waals surface area contributed by atoms with Gasteiger partial charge in [-0.25, -0.2) is 24.3 Å². The van der Waals surface area contributed by atoms with Crippen molar-refractivity contribution in [1.82, 2.24) is 0 Å². The molecule has 0 radical (unpaired) electrons. The van der Waals surface area contributed by atoms with E-state index in [4.69, 9.17) is 5.26 Å². The molecule has 0 atom stereocenters. The minimum absolute atomic E-state index is 0. The molecule has 0 aliphatic carbocycles. The molecule has 14 heteroatoms. The molecule has 6 heterocycles. The third-order valence-electron chi connectivity index (χ3n) is 12.1. The van der Waals surface area contributed by atoms with Gasteiger partial charge in [-0.3, -0.25) is 0 Å². The predicted molar refractivity (Wildman–Crippen MR) is 295 cm³/mol. The number of rotatable bonds is 6. The second kappa shape index (κ2) is 24.2. The van der Waals surface area contributed by atoms with Crippen molar-refractivity contribution in [2.24, 2.45) is 0 Å². The molecule has 0 unspecified atom stereocenters. The van der Waals surface area contributed by atoms with Crippen molar-refractivity contribution in [1.29, 1.82) is 5.26 Å². The molecular weight excluding hydrogens is 1470 g/mol. The van der Waals surface area contributed by atoms with Crippen molar-refractivity contribution < 1.29 is 59.4 Å². The van der Waals surface area contributed by atoms with Gasteiger partial charge in [-0.15, -0.1) is 103 Å². The smallest absolute Gasteiger partial charge is 0.0726 e. The van der Waals surface area contributed by atoms with E-state index < -0.39 is 0 Å². The van der Waals surface area contributed by atoms with E-state index in [0.717, 1.165) is 34.1 Å². The van der Waals surface area contributed by atoms with Crippen LogP contribution in [0.15, 0.2) is 193 Å². The first-order valence-corrected chi connectivity index (χ1v) is 24.5. The van der Waals surface area contributed by atoms with Crippen molar-refractivity contribution in [3.05, 3.63) is 255 Å². The largest absolute Gasteiger partial charge is 0.510 e. The van der Waals surface area contributed by atoms with Crippen molar-refractivity contribution in [2.45, 2.75) is 0 Å². The first-order valence-electron chi connectivity index (χ1n) is 22.6. The van der Waals surface area contributed by atoms with Gasteiger partial charge in [0.1, 0.15) is 0 Å². The number of thioether (sulfide) groups is 2. The van der Waals surface area contributed by atoms with Gasteiger partial charge in [0, 0.05) is 92.9 Å². The van der Waals surface area contributed by atoms with Gasteiger partial charge in [0.25, 0.3) is 0 Å². The zero-order chi connectivity index (χ0) is 47.4. The summed E-state index contributed by atoms with van der Waals surface area (Å²) in [5.74, 6) is 3.96. The quantitative estimate of drug-likeness (QED) is 0.150.